The van der Waals surface area contributed by atoms with Crippen molar-refractivity contribution in [1.82, 2.24) is 9.88 Å². The highest BCUT2D eigenvalue weighted by atomic mass is 32.2. The van der Waals surface area contributed by atoms with Crippen molar-refractivity contribution >= 4 is 48.6 Å². The normalized spacial score (nSPS) is 16.9. The number of fused-ring (bicyclic) bond motifs is 1. The van der Waals surface area contributed by atoms with Gasteiger partial charge in [0.15, 0.2) is 5.13 Å². The smallest absolute Gasteiger partial charge is 0.308 e. The van der Waals surface area contributed by atoms with Gasteiger partial charge in [-0.3, -0.25) is 14.3 Å². The van der Waals surface area contributed by atoms with E-state index in [0.717, 1.165) is 35.6 Å². The van der Waals surface area contributed by atoms with Gasteiger partial charge in [-0.05, 0) is 55.3 Å². The average Bonchev–Trinajstić information content (AvgIpc) is 3.14. The number of nitrogens with one attached hydrogen (secondary N) is 1. The fourth-order valence-electron chi connectivity index (χ4n) is 3.43. The molecule has 31 heavy (non-hydrogen) atoms. The lowest BCUT2D eigenvalue weighted by Gasteiger charge is -2.30. The molecule has 1 fully saturated rings. The van der Waals surface area contributed by atoms with Gasteiger partial charge in [-0.15, -0.1) is 0 Å². The van der Waals surface area contributed by atoms with E-state index >= 15 is 0 Å². The standard InChI is InChI=1S/C20H18FN3O5S2/c21-14-4-6-15(7-5-14)31(28,29)23-20-22-16-8-3-12(10-17(16)30-20)18(25)24-9-1-2-13(11-24)19(26)27/h3-8,10,13H,1-2,9,11H2,(H,22,23)(H,26,27). The highest BCUT2D eigenvalue weighted by Crippen LogP contribution is 2.29. The summed E-state index contributed by atoms with van der Waals surface area (Å²) in [6, 6.07) is 9.26. The quantitative estimate of drug-likeness (QED) is 0.600. The second-order valence-electron chi connectivity index (χ2n) is 7.19. The van der Waals surface area contributed by atoms with Gasteiger partial charge in [0.25, 0.3) is 15.9 Å². The van der Waals surface area contributed by atoms with Crippen LogP contribution in [0.1, 0.15) is 23.2 Å². The predicted octanol–water partition coefficient (Wildman–Crippen LogP) is 3.17. The van der Waals surface area contributed by atoms with Gasteiger partial charge in [0.1, 0.15) is 5.82 Å². The van der Waals surface area contributed by atoms with Crippen molar-refractivity contribution in [2.24, 2.45) is 5.92 Å². The predicted molar refractivity (Wildman–Crippen MR) is 113 cm³/mol. The Morgan fingerprint density at radius 1 is 1.19 bits per heavy atom. The number of thiazole rings is 1. The van der Waals surface area contributed by atoms with Crippen molar-refractivity contribution in [3.8, 4) is 0 Å². The van der Waals surface area contributed by atoms with Crippen molar-refractivity contribution < 1.29 is 27.5 Å². The minimum Gasteiger partial charge on any atom is -0.481 e. The number of aromatic nitrogens is 1. The second kappa shape index (κ2) is 8.23. The molecule has 3 aromatic rings. The summed E-state index contributed by atoms with van der Waals surface area (Å²) in [7, 11) is -3.94. The average molecular weight is 464 g/mol. The third-order valence-corrected chi connectivity index (χ3v) is 7.46. The van der Waals surface area contributed by atoms with E-state index in [1.54, 1.807) is 18.2 Å². The van der Waals surface area contributed by atoms with E-state index in [9.17, 15) is 27.5 Å². The molecule has 0 radical (unpaired) electrons. The maximum Gasteiger partial charge on any atom is 0.308 e. The molecular weight excluding hydrogens is 445 g/mol. The summed E-state index contributed by atoms with van der Waals surface area (Å²) >= 11 is 1.07. The summed E-state index contributed by atoms with van der Waals surface area (Å²) < 4.78 is 41.0. The Hall–Kier alpha value is -3.05. The van der Waals surface area contributed by atoms with E-state index in [2.05, 4.69) is 9.71 Å². The molecule has 1 amide bonds. The number of carboxylic acids is 1. The zero-order valence-corrected chi connectivity index (χ0v) is 17.7. The van der Waals surface area contributed by atoms with Gasteiger partial charge in [-0.1, -0.05) is 11.3 Å². The molecule has 1 saturated heterocycles. The van der Waals surface area contributed by atoms with E-state index < -0.39 is 27.7 Å². The van der Waals surface area contributed by atoms with Crippen LogP contribution in [0.4, 0.5) is 9.52 Å². The van der Waals surface area contributed by atoms with Crippen LogP contribution in [0.15, 0.2) is 47.4 Å². The van der Waals surface area contributed by atoms with Crippen LogP contribution in [-0.4, -0.2) is 48.4 Å². The van der Waals surface area contributed by atoms with Crippen LogP contribution < -0.4 is 4.72 Å². The molecule has 0 saturated carbocycles. The summed E-state index contributed by atoms with van der Waals surface area (Å²) in [5.74, 6) is -2.29. The molecule has 4 rings (SSSR count). The first kappa shape index (κ1) is 21.2. The minimum atomic E-state index is -3.94. The topological polar surface area (TPSA) is 117 Å². The fourth-order valence-corrected chi connectivity index (χ4v) is 5.57. The minimum absolute atomic E-state index is 0.0953. The Morgan fingerprint density at radius 2 is 1.94 bits per heavy atom. The Bertz CT molecular complexity index is 1260. The van der Waals surface area contributed by atoms with E-state index in [0.29, 0.717) is 35.2 Å². The van der Waals surface area contributed by atoms with Crippen molar-refractivity contribution in [1.29, 1.82) is 0 Å². The van der Waals surface area contributed by atoms with Crippen molar-refractivity contribution in [2.75, 3.05) is 17.8 Å². The first-order valence-corrected chi connectivity index (χ1v) is 11.7. The first-order chi connectivity index (χ1) is 14.7. The molecule has 1 aliphatic heterocycles. The number of carbonyl (C=O) groups is 2. The molecule has 0 bridgehead atoms. The number of nitrogens with zero attached hydrogens (tertiary/aromatic N) is 2. The van der Waals surface area contributed by atoms with E-state index in [4.69, 9.17) is 0 Å². The summed E-state index contributed by atoms with van der Waals surface area (Å²) in [6.07, 6.45) is 1.17. The monoisotopic (exact) mass is 463 g/mol. The van der Waals surface area contributed by atoms with Crippen LogP contribution in [0.5, 0.6) is 0 Å². The van der Waals surface area contributed by atoms with Crippen LogP contribution in [0.3, 0.4) is 0 Å². The number of halogens is 1. The molecule has 8 nitrogen and oxygen atoms in total. The number of aliphatic carboxylic acids is 1. The number of amides is 1. The van der Waals surface area contributed by atoms with Crippen molar-refractivity contribution in [3.63, 3.8) is 0 Å². The van der Waals surface area contributed by atoms with Crippen LogP contribution >= 0.6 is 11.3 Å². The van der Waals surface area contributed by atoms with Crippen LogP contribution in [0.25, 0.3) is 10.2 Å². The molecule has 2 heterocycles. The molecular formula is C20H18FN3O5S2. The van der Waals surface area contributed by atoms with Gasteiger partial charge in [0, 0.05) is 18.7 Å². The number of anilines is 1. The van der Waals surface area contributed by atoms with E-state index in [-0.39, 0.29) is 22.5 Å². The van der Waals surface area contributed by atoms with Crippen LogP contribution in [-0.2, 0) is 14.8 Å². The Labute approximate surface area is 181 Å². The number of carboxylic acid groups (broad SMARTS) is 1. The molecule has 1 aliphatic rings. The lowest BCUT2D eigenvalue weighted by atomic mass is 9.97. The Kier molecular flexibility index (Phi) is 5.63. The highest BCUT2D eigenvalue weighted by Gasteiger charge is 2.29. The second-order valence-corrected chi connectivity index (χ2v) is 9.90. The third-order valence-electron chi connectivity index (χ3n) is 5.04. The number of benzene rings is 2. The Balaban J connectivity index is 1.55. The van der Waals surface area contributed by atoms with Gasteiger partial charge in [0.2, 0.25) is 0 Å². The number of piperidine rings is 1. The zero-order valence-electron chi connectivity index (χ0n) is 16.1. The van der Waals surface area contributed by atoms with Crippen LogP contribution in [0, 0.1) is 11.7 Å². The summed E-state index contributed by atoms with van der Waals surface area (Å²) in [5, 5.41) is 9.34. The number of hydrogen-bond donors (Lipinski definition) is 2. The molecule has 2 aromatic carbocycles. The molecule has 1 atom stereocenters. The Morgan fingerprint density at radius 3 is 2.65 bits per heavy atom. The SMILES string of the molecule is O=C(O)C1CCCN(C(=O)c2ccc3nc(NS(=O)(=O)c4ccc(F)cc4)sc3c2)C1. The first-order valence-electron chi connectivity index (χ1n) is 9.44. The van der Waals surface area contributed by atoms with Gasteiger partial charge in [-0.2, -0.15) is 0 Å². The van der Waals surface area contributed by atoms with E-state index in [1.807, 2.05) is 0 Å². The summed E-state index contributed by atoms with van der Waals surface area (Å²) in [5.41, 5.74) is 0.899. The lowest BCUT2D eigenvalue weighted by molar-refractivity contribution is -0.143. The molecule has 1 aromatic heterocycles. The molecule has 11 heteroatoms. The number of hydrogen-bond acceptors (Lipinski definition) is 6. The van der Waals surface area contributed by atoms with Gasteiger partial charge >= 0.3 is 5.97 Å². The molecule has 162 valence electrons. The largest absolute Gasteiger partial charge is 0.481 e. The lowest BCUT2D eigenvalue weighted by Crippen LogP contribution is -2.42. The van der Waals surface area contributed by atoms with Gasteiger partial charge < -0.3 is 10.0 Å². The zero-order chi connectivity index (χ0) is 22.2. The van der Waals surface area contributed by atoms with E-state index in [1.165, 1.54) is 4.90 Å². The summed E-state index contributed by atoms with van der Waals surface area (Å²) in [4.78, 5) is 29.8. The maximum atomic E-state index is 13.1. The number of sulfonamides is 1. The third kappa shape index (κ3) is 4.52. The van der Waals surface area contributed by atoms with Crippen LogP contribution in [0.2, 0.25) is 0 Å². The highest BCUT2D eigenvalue weighted by molar-refractivity contribution is 7.93. The van der Waals surface area contributed by atoms with Gasteiger partial charge in [-0.25, -0.2) is 17.8 Å². The number of likely N-dealkylation sites (tertiary alicyclic amines) is 1. The number of carbonyl (C=O) groups excluding carboxylic acids is 1. The van der Waals surface area contributed by atoms with Gasteiger partial charge in [0.05, 0.1) is 21.0 Å². The molecule has 0 aliphatic carbocycles. The molecule has 0 spiro atoms. The fraction of sp³-hybridized carbons (Fsp3) is 0.250. The molecule has 1 unspecified atom stereocenters. The van der Waals surface area contributed by atoms with Crippen molar-refractivity contribution in [2.45, 2.75) is 17.7 Å². The number of rotatable bonds is 5. The van der Waals surface area contributed by atoms with Crippen molar-refractivity contribution in [3.05, 3.63) is 53.8 Å². The maximum absolute atomic E-state index is 13.1. The summed E-state index contributed by atoms with van der Waals surface area (Å²) in [6.45, 7) is 0.656. The molecule has 2 N–H and O–H groups in total.